The smallest absolute Gasteiger partial charge is 0.300 e. The summed E-state index contributed by atoms with van der Waals surface area (Å²) in [4.78, 5) is 15.2. The molecule has 1 atom stereocenters. The van der Waals surface area contributed by atoms with E-state index in [1.54, 1.807) is 12.4 Å². The summed E-state index contributed by atoms with van der Waals surface area (Å²) in [6.07, 6.45) is 3.49. The maximum absolute atomic E-state index is 5.97. The molecule has 8 heteroatoms. The number of hydrogen-bond donors (Lipinski definition) is 1. The predicted molar refractivity (Wildman–Crippen MR) is 97.5 cm³/mol. The minimum absolute atomic E-state index is 0. The third-order valence-corrected chi connectivity index (χ3v) is 4.14. The molecule has 7 nitrogen and oxygen atoms in total. The lowest BCUT2D eigenvalue weighted by Gasteiger charge is -2.34. The van der Waals surface area contributed by atoms with Crippen LogP contribution in [0.2, 0.25) is 0 Å². The topological polar surface area (TPSA) is 76.3 Å². The molecule has 4 rings (SSSR count). The van der Waals surface area contributed by atoms with E-state index in [1.165, 1.54) is 0 Å². The van der Waals surface area contributed by atoms with E-state index in [9.17, 15) is 0 Å². The molecule has 0 saturated carbocycles. The van der Waals surface area contributed by atoms with Crippen molar-refractivity contribution < 1.29 is 9.15 Å². The Morgan fingerprint density at radius 1 is 1.28 bits per heavy atom. The lowest BCUT2D eigenvalue weighted by Crippen LogP contribution is -2.54. The van der Waals surface area contributed by atoms with Crippen molar-refractivity contribution >= 4 is 29.7 Å². The number of aryl methyl sites for hydroxylation is 1. The summed E-state index contributed by atoms with van der Waals surface area (Å²) in [6.45, 7) is 4.98. The van der Waals surface area contributed by atoms with E-state index in [0.717, 1.165) is 31.1 Å². The van der Waals surface area contributed by atoms with Gasteiger partial charge >= 0.3 is 0 Å². The summed E-state index contributed by atoms with van der Waals surface area (Å²) in [5.41, 5.74) is 2.22. The molecule has 0 amide bonds. The average molecular weight is 362 g/mol. The highest BCUT2D eigenvalue weighted by molar-refractivity contribution is 5.85. The molecular weight excluding hydrogens is 342 g/mol. The Hall–Kier alpha value is -2.38. The van der Waals surface area contributed by atoms with Crippen molar-refractivity contribution in [3.05, 3.63) is 42.4 Å². The first kappa shape index (κ1) is 17.4. The molecule has 0 spiro atoms. The highest BCUT2D eigenvalue weighted by Crippen LogP contribution is 2.23. The Labute approximate surface area is 151 Å². The highest BCUT2D eigenvalue weighted by atomic mass is 35.5. The number of fused-ring (bicyclic) bond motifs is 1. The molecule has 1 aliphatic rings. The number of nitrogens with zero attached hydrogens (tertiary/aromatic N) is 4. The van der Waals surface area contributed by atoms with Crippen molar-refractivity contribution in [2.24, 2.45) is 0 Å². The molecule has 1 saturated heterocycles. The fourth-order valence-electron chi connectivity index (χ4n) is 2.85. The van der Waals surface area contributed by atoms with E-state index < -0.39 is 0 Å². The Kier molecular flexibility index (Phi) is 5.35. The first-order valence-corrected chi connectivity index (χ1v) is 8.04. The van der Waals surface area contributed by atoms with Crippen molar-refractivity contribution in [3.8, 4) is 5.75 Å². The fourth-order valence-corrected chi connectivity index (χ4v) is 2.85. The summed E-state index contributed by atoms with van der Waals surface area (Å²) >= 11 is 0. The number of hydrogen-bond acceptors (Lipinski definition) is 7. The molecule has 132 valence electrons. The monoisotopic (exact) mass is 361 g/mol. The summed E-state index contributed by atoms with van der Waals surface area (Å²) in [6, 6.07) is 8.28. The van der Waals surface area contributed by atoms with E-state index in [-0.39, 0.29) is 18.4 Å². The van der Waals surface area contributed by atoms with Crippen molar-refractivity contribution in [2.75, 3.05) is 31.1 Å². The molecule has 1 N–H and O–H groups in total. The van der Waals surface area contributed by atoms with Gasteiger partial charge in [-0.1, -0.05) is 0 Å². The Morgan fingerprint density at radius 2 is 2.12 bits per heavy atom. The zero-order valence-electron chi connectivity index (χ0n) is 13.9. The Bertz CT molecular complexity index is 808. The van der Waals surface area contributed by atoms with Crippen LogP contribution in [0.5, 0.6) is 5.75 Å². The van der Waals surface area contributed by atoms with Crippen molar-refractivity contribution in [1.29, 1.82) is 0 Å². The van der Waals surface area contributed by atoms with Crippen LogP contribution in [0.15, 0.2) is 41.1 Å². The molecule has 0 bridgehead atoms. The second-order valence-corrected chi connectivity index (χ2v) is 5.77. The zero-order chi connectivity index (χ0) is 16.4. The van der Waals surface area contributed by atoms with Crippen molar-refractivity contribution in [3.63, 3.8) is 0 Å². The molecule has 1 fully saturated rings. The first-order chi connectivity index (χ1) is 11.8. The van der Waals surface area contributed by atoms with E-state index >= 15 is 0 Å². The van der Waals surface area contributed by atoms with Crippen LogP contribution in [0.1, 0.15) is 5.69 Å². The zero-order valence-corrected chi connectivity index (χ0v) is 14.7. The van der Waals surface area contributed by atoms with Gasteiger partial charge in [-0.25, -0.2) is 4.98 Å². The van der Waals surface area contributed by atoms with Crippen LogP contribution in [0.25, 0.3) is 11.2 Å². The van der Waals surface area contributed by atoms with Gasteiger partial charge in [0.05, 0.1) is 11.7 Å². The summed E-state index contributed by atoms with van der Waals surface area (Å²) in [7, 11) is 0. The molecule has 1 unspecified atom stereocenters. The molecule has 1 aliphatic heterocycles. The summed E-state index contributed by atoms with van der Waals surface area (Å²) in [5.74, 6) is 0.808. The predicted octanol–water partition coefficient (Wildman–Crippen LogP) is 2.21. The van der Waals surface area contributed by atoms with E-state index in [4.69, 9.17) is 9.15 Å². The fraction of sp³-hybridized carbons (Fsp3) is 0.353. The van der Waals surface area contributed by atoms with Crippen LogP contribution >= 0.6 is 12.4 Å². The molecule has 25 heavy (non-hydrogen) atoms. The van der Waals surface area contributed by atoms with Gasteiger partial charge < -0.3 is 19.4 Å². The molecule has 0 aliphatic carbocycles. The molecular formula is C17H20ClN5O2. The van der Waals surface area contributed by atoms with Gasteiger partial charge in [0, 0.05) is 32.0 Å². The standard InChI is InChI=1S/C17H19N5O2.ClH/c1-12-14(4-2-6-19-12)23-11-13-10-18-8-9-22(13)17-21-16-15(24-17)5-3-7-20-16;/h2-7,13,18H,8-11H2,1H3;1H. The van der Waals surface area contributed by atoms with Gasteiger partial charge in [-0.3, -0.25) is 4.98 Å². The van der Waals surface area contributed by atoms with Crippen LogP contribution in [0.4, 0.5) is 6.01 Å². The molecule has 0 aromatic carbocycles. The second kappa shape index (κ2) is 7.67. The van der Waals surface area contributed by atoms with Crippen LogP contribution in [0.3, 0.4) is 0 Å². The van der Waals surface area contributed by atoms with Gasteiger partial charge in [0.15, 0.2) is 5.58 Å². The largest absolute Gasteiger partial charge is 0.489 e. The van der Waals surface area contributed by atoms with Crippen molar-refractivity contribution in [2.45, 2.75) is 13.0 Å². The molecule has 4 heterocycles. The van der Waals surface area contributed by atoms with Crippen LogP contribution in [-0.4, -0.2) is 47.2 Å². The minimum atomic E-state index is 0. The van der Waals surface area contributed by atoms with Crippen molar-refractivity contribution in [1.82, 2.24) is 20.3 Å². The summed E-state index contributed by atoms with van der Waals surface area (Å²) < 4.78 is 11.8. The third-order valence-electron chi connectivity index (χ3n) is 4.14. The average Bonchev–Trinajstić information content (AvgIpc) is 3.05. The number of rotatable bonds is 4. The van der Waals surface area contributed by atoms with Crippen LogP contribution in [0, 0.1) is 6.92 Å². The number of anilines is 1. The summed E-state index contributed by atoms with van der Waals surface area (Å²) in [5, 5.41) is 3.40. The molecule has 3 aromatic heterocycles. The Balaban J connectivity index is 0.00000182. The van der Waals surface area contributed by atoms with Crippen LogP contribution < -0.4 is 15.0 Å². The van der Waals surface area contributed by atoms with Crippen LogP contribution in [-0.2, 0) is 0 Å². The lowest BCUT2D eigenvalue weighted by molar-refractivity contribution is 0.259. The van der Waals surface area contributed by atoms with Gasteiger partial charge in [0.2, 0.25) is 5.65 Å². The number of oxazole rings is 1. The van der Waals surface area contributed by atoms with Gasteiger partial charge in [-0.15, -0.1) is 12.4 Å². The number of aromatic nitrogens is 3. The quantitative estimate of drug-likeness (QED) is 0.763. The second-order valence-electron chi connectivity index (χ2n) is 5.77. The van der Waals surface area contributed by atoms with E-state index in [1.807, 2.05) is 31.2 Å². The highest BCUT2D eigenvalue weighted by Gasteiger charge is 2.27. The van der Waals surface area contributed by atoms with E-state index in [2.05, 4.69) is 25.2 Å². The molecule has 0 radical (unpaired) electrons. The van der Waals surface area contributed by atoms with Gasteiger partial charge in [0.1, 0.15) is 12.4 Å². The number of halogens is 1. The maximum atomic E-state index is 5.97. The number of nitrogens with one attached hydrogen (secondary N) is 1. The third kappa shape index (κ3) is 3.67. The van der Waals surface area contributed by atoms with E-state index in [0.29, 0.717) is 23.9 Å². The first-order valence-electron chi connectivity index (χ1n) is 8.04. The normalized spacial score (nSPS) is 17.3. The van der Waals surface area contributed by atoms with Gasteiger partial charge in [-0.05, 0) is 31.2 Å². The number of pyridine rings is 2. The maximum Gasteiger partial charge on any atom is 0.300 e. The molecule has 3 aromatic rings. The van der Waals surface area contributed by atoms with Gasteiger partial charge in [0.25, 0.3) is 6.01 Å². The minimum Gasteiger partial charge on any atom is -0.489 e. The van der Waals surface area contributed by atoms with Gasteiger partial charge in [-0.2, -0.15) is 4.98 Å². The lowest BCUT2D eigenvalue weighted by atomic mass is 10.2. The Morgan fingerprint density at radius 3 is 2.96 bits per heavy atom. The SMILES string of the molecule is Cc1ncccc1OCC1CNCCN1c1nc2ncccc2o1.Cl. The number of ether oxygens (including phenoxy) is 1. The number of piperazine rings is 1.